The zero-order chi connectivity index (χ0) is 15.4. The molecule has 0 aliphatic rings. The smallest absolute Gasteiger partial charge is 0.276 e. The summed E-state index contributed by atoms with van der Waals surface area (Å²) in [5.41, 5.74) is 1.87. The van der Waals surface area contributed by atoms with Gasteiger partial charge in [0, 0.05) is 11.0 Å². The van der Waals surface area contributed by atoms with E-state index in [-0.39, 0.29) is 5.69 Å². The van der Waals surface area contributed by atoms with Crippen molar-refractivity contribution in [2.45, 2.75) is 13.8 Å². The highest BCUT2D eigenvalue weighted by Crippen LogP contribution is 2.30. The molecule has 2 rings (SSSR count). The van der Waals surface area contributed by atoms with E-state index in [1.54, 1.807) is 0 Å². The molecule has 2 aromatic rings. The van der Waals surface area contributed by atoms with Gasteiger partial charge in [0.25, 0.3) is 5.69 Å². The van der Waals surface area contributed by atoms with Gasteiger partial charge in [0.15, 0.2) is 0 Å². The molecule has 0 aliphatic carbocycles. The van der Waals surface area contributed by atoms with E-state index in [2.05, 4.69) is 31.5 Å². The molecule has 0 spiro atoms. The zero-order valence-electron chi connectivity index (χ0n) is 11.7. The van der Waals surface area contributed by atoms with E-state index < -0.39 is 4.92 Å². The van der Waals surface area contributed by atoms with Crippen molar-refractivity contribution in [1.29, 1.82) is 0 Å². The number of aryl methyl sites for hydroxylation is 1. The lowest BCUT2D eigenvalue weighted by Gasteiger charge is -2.11. The first-order valence-electron chi connectivity index (χ1n) is 6.43. The van der Waals surface area contributed by atoms with Crippen molar-refractivity contribution in [3.8, 4) is 0 Å². The van der Waals surface area contributed by atoms with Crippen LogP contribution in [0.25, 0.3) is 0 Å². The Bertz CT molecular complexity index is 676. The number of hydrogen-bond donors (Lipinski definition) is 2. The second-order valence-electron chi connectivity index (χ2n) is 4.44. The van der Waals surface area contributed by atoms with Crippen molar-refractivity contribution >= 4 is 38.9 Å². The standard InChI is InChI=1S/C14H15BrN4O2/c1-3-16-12-7-10(19(20)21)8-13(18-12)17-11-6-4-5-9(2)14(11)15/h4-8H,3H2,1-2H3,(H2,16,17,18). The maximum atomic E-state index is 11.0. The van der Waals surface area contributed by atoms with E-state index >= 15 is 0 Å². The molecular weight excluding hydrogens is 336 g/mol. The van der Waals surface area contributed by atoms with Gasteiger partial charge in [-0.15, -0.1) is 0 Å². The fraction of sp³-hybridized carbons (Fsp3) is 0.214. The molecule has 0 fully saturated rings. The topological polar surface area (TPSA) is 80.1 Å². The van der Waals surface area contributed by atoms with Crippen LogP contribution in [0.5, 0.6) is 0 Å². The minimum atomic E-state index is -0.432. The first-order chi connectivity index (χ1) is 10.0. The molecule has 2 N–H and O–H groups in total. The van der Waals surface area contributed by atoms with E-state index in [1.807, 2.05) is 32.0 Å². The Labute approximate surface area is 130 Å². The number of aromatic nitrogens is 1. The van der Waals surface area contributed by atoms with E-state index in [4.69, 9.17) is 0 Å². The van der Waals surface area contributed by atoms with Crippen molar-refractivity contribution in [2.24, 2.45) is 0 Å². The van der Waals surface area contributed by atoms with Crippen LogP contribution in [-0.2, 0) is 0 Å². The van der Waals surface area contributed by atoms with Crippen LogP contribution < -0.4 is 10.6 Å². The fourth-order valence-electron chi connectivity index (χ4n) is 1.84. The van der Waals surface area contributed by atoms with Crippen LogP contribution in [0.2, 0.25) is 0 Å². The minimum absolute atomic E-state index is 0.00720. The Morgan fingerprint density at radius 1 is 1.33 bits per heavy atom. The van der Waals surface area contributed by atoms with Gasteiger partial charge in [-0.1, -0.05) is 12.1 Å². The van der Waals surface area contributed by atoms with E-state index in [0.29, 0.717) is 18.2 Å². The Kier molecular flexibility index (Phi) is 4.74. The van der Waals surface area contributed by atoms with Gasteiger partial charge in [-0.3, -0.25) is 10.1 Å². The van der Waals surface area contributed by atoms with Crippen molar-refractivity contribution in [3.05, 3.63) is 50.5 Å². The van der Waals surface area contributed by atoms with Crippen LogP contribution in [0.4, 0.5) is 23.0 Å². The fourth-order valence-corrected chi connectivity index (χ4v) is 2.20. The SMILES string of the molecule is CCNc1cc([N+](=O)[O-])cc(Nc2cccc(C)c2Br)n1. The van der Waals surface area contributed by atoms with Crippen molar-refractivity contribution in [2.75, 3.05) is 17.2 Å². The highest BCUT2D eigenvalue weighted by atomic mass is 79.9. The molecular formula is C14H15BrN4O2. The number of rotatable bonds is 5. The van der Waals surface area contributed by atoms with Crippen molar-refractivity contribution in [3.63, 3.8) is 0 Å². The Balaban J connectivity index is 2.38. The summed E-state index contributed by atoms with van der Waals surface area (Å²) in [4.78, 5) is 14.9. The third-order valence-electron chi connectivity index (χ3n) is 2.83. The largest absolute Gasteiger partial charge is 0.370 e. The number of nitro groups is 1. The lowest BCUT2D eigenvalue weighted by molar-refractivity contribution is -0.384. The molecule has 1 aromatic heterocycles. The first-order valence-corrected chi connectivity index (χ1v) is 7.23. The number of hydrogen-bond acceptors (Lipinski definition) is 5. The second kappa shape index (κ2) is 6.53. The summed E-state index contributed by atoms with van der Waals surface area (Å²) in [6, 6.07) is 8.59. The summed E-state index contributed by atoms with van der Waals surface area (Å²) in [6.07, 6.45) is 0. The van der Waals surface area contributed by atoms with E-state index in [9.17, 15) is 10.1 Å². The molecule has 0 atom stereocenters. The Morgan fingerprint density at radius 3 is 2.71 bits per heavy atom. The zero-order valence-corrected chi connectivity index (χ0v) is 13.3. The second-order valence-corrected chi connectivity index (χ2v) is 5.24. The molecule has 7 heteroatoms. The first kappa shape index (κ1) is 15.2. The normalized spacial score (nSPS) is 10.2. The summed E-state index contributed by atoms with van der Waals surface area (Å²) in [5, 5.41) is 17.1. The Hall–Kier alpha value is -2.15. The average Bonchev–Trinajstić information content (AvgIpc) is 2.44. The molecule has 0 radical (unpaired) electrons. The summed E-state index contributed by atoms with van der Waals surface area (Å²) in [7, 11) is 0. The minimum Gasteiger partial charge on any atom is -0.370 e. The van der Waals surface area contributed by atoms with Gasteiger partial charge in [-0.05, 0) is 41.4 Å². The molecule has 0 bridgehead atoms. The lowest BCUT2D eigenvalue weighted by Crippen LogP contribution is -2.03. The number of anilines is 3. The molecule has 1 aromatic carbocycles. The molecule has 0 saturated carbocycles. The van der Waals surface area contributed by atoms with E-state index in [0.717, 1.165) is 15.7 Å². The van der Waals surface area contributed by atoms with Crippen LogP contribution >= 0.6 is 15.9 Å². The van der Waals surface area contributed by atoms with Gasteiger partial charge in [-0.25, -0.2) is 4.98 Å². The van der Waals surface area contributed by atoms with Crippen molar-refractivity contribution < 1.29 is 4.92 Å². The monoisotopic (exact) mass is 350 g/mol. The molecule has 0 unspecified atom stereocenters. The highest BCUT2D eigenvalue weighted by Gasteiger charge is 2.12. The van der Waals surface area contributed by atoms with E-state index in [1.165, 1.54) is 12.1 Å². The number of nitrogens with zero attached hydrogens (tertiary/aromatic N) is 2. The van der Waals surface area contributed by atoms with Crippen molar-refractivity contribution in [1.82, 2.24) is 4.98 Å². The summed E-state index contributed by atoms with van der Waals surface area (Å²) < 4.78 is 0.906. The third kappa shape index (κ3) is 3.69. The number of nitrogens with one attached hydrogen (secondary N) is 2. The maximum absolute atomic E-state index is 11.0. The molecule has 110 valence electrons. The van der Waals surface area contributed by atoms with Crippen LogP contribution in [0.1, 0.15) is 12.5 Å². The van der Waals surface area contributed by atoms with Gasteiger partial charge in [0.2, 0.25) is 0 Å². The lowest BCUT2D eigenvalue weighted by atomic mass is 10.2. The van der Waals surface area contributed by atoms with Gasteiger partial charge < -0.3 is 10.6 Å². The molecule has 6 nitrogen and oxygen atoms in total. The van der Waals surface area contributed by atoms with Gasteiger partial charge in [-0.2, -0.15) is 0 Å². The molecule has 1 heterocycles. The average molecular weight is 351 g/mol. The quantitative estimate of drug-likeness (QED) is 0.622. The molecule has 0 saturated heterocycles. The van der Waals surface area contributed by atoms with Crippen LogP contribution in [0.3, 0.4) is 0 Å². The highest BCUT2D eigenvalue weighted by molar-refractivity contribution is 9.10. The van der Waals surface area contributed by atoms with Gasteiger partial charge in [0.1, 0.15) is 11.6 Å². The summed E-state index contributed by atoms with van der Waals surface area (Å²) in [6.45, 7) is 4.52. The van der Waals surface area contributed by atoms with Gasteiger partial charge >= 0.3 is 0 Å². The summed E-state index contributed by atoms with van der Waals surface area (Å²) in [5.74, 6) is 0.893. The Morgan fingerprint density at radius 2 is 2.05 bits per heavy atom. The van der Waals surface area contributed by atoms with Crippen LogP contribution in [0, 0.1) is 17.0 Å². The summed E-state index contributed by atoms with van der Waals surface area (Å²) >= 11 is 3.49. The molecule has 0 amide bonds. The number of benzene rings is 1. The predicted molar refractivity (Wildman–Crippen MR) is 87.2 cm³/mol. The number of pyridine rings is 1. The van der Waals surface area contributed by atoms with Crippen LogP contribution in [0.15, 0.2) is 34.8 Å². The third-order valence-corrected chi connectivity index (χ3v) is 3.89. The predicted octanol–water partition coefficient (Wildman–Crippen LogP) is 4.24. The maximum Gasteiger partial charge on any atom is 0.276 e. The van der Waals surface area contributed by atoms with Crippen LogP contribution in [-0.4, -0.2) is 16.5 Å². The molecule has 0 aliphatic heterocycles. The molecule has 21 heavy (non-hydrogen) atoms. The van der Waals surface area contributed by atoms with Gasteiger partial charge in [0.05, 0.1) is 22.7 Å². The number of halogens is 1.